The summed E-state index contributed by atoms with van der Waals surface area (Å²) in [6.45, 7) is 2.30. The topological polar surface area (TPSA) is 115 Å². The Morgan fingerprint density at radius 2 is 1.97 bits per heavy atom. The molecule has 0 saturated carbocycles. The number of nitrogens with zero attached hydrogens (tertiary/aromatic N) is 2. The smallest absolute Gasteiger partial charge is 0.337 e. The summed E-state index contributed by atoms with van der Waals surface area (Å²) in [5, 5.41) is 23.3. The first-order valence-electron chi connectivity index (χ1n) is 8.82. The van der Waals surface area contributed by atoms with Crippen molar-refractivity contribution in [3.63, 3.8) is 0 Å². The maximum absolute atomic E-state index is 11.1. The lowest BCUT2D eigenvalue weighted by molar-refractivity contribution is -0.384. The van der Waals surface area contributed by atoms with Gasteiger partial charge < -0.3 is 15.2 Å². The summed E-state index contributed by atoms with van der Waals surface area (Å²) in [4.78, 5) is 25.9. The number of pyridine rings is 1. The van der Waals surface area contributed by atoms with Crippen molar-refractivity contribution in [2.45, 2.75) is 20.1 Å². The van der Waals surface area contributed by atoms with E-state index in [1.165, 1.54) is 24.4 Å². The minimum absolute atomic E-state index is 0.0419. The fourth-order valence-corrected chi connectivity index (χ4v) is 2.75. The molecule has 8 heteroatoms. The number of nitro groups is 1. The lowest BCUT2D eigenvalue weighted by Gasteiger charge is -2.14. The van der Waals surface area contributed by atoms with Crippen LogP contribution in [0.3, 0.4) is 0 Å². The molecule has 3 rings (SSSR count). The van der Waals surface area contributed by atoms with E-state index in [1.54, 1.807) is 13.0 Å². The average Bonchev–Trinajstić information content (AvgIpc) is 2.72. The molecule has 0 fully saturated rings. The summed E-state index contributed by atoms with van der Waals surface area (Å²) in [5.41, 5.74) is 2.28. The van der Waals surface area contributed by atoms with Gasteiger partial charge in [0, 0.05) is 30.4 Å². The Kier molecular flexibility index (Phi) is 6.03. The molecule has 1 aromatic heterocycles. The molecule has 0 aliphatic rings. The van der Waals surface area contributed by atoms with Crippen molar-refractivity contribution < 1.29 is 19.6 Å². The third-order valence-corrected chi connectivity index (χ3v) is 4.26. The fraction of sp³-hybridized carbons (Fsp3) is 0.143. The van der Waals surface area contributed by atoms with Gasteiger partial charge in [-0.25, -0.2) is 9.78 Å². The van der Waals surface area contributed by atoms with Crippen LogP contribution in [0.5, 0.6) is 5.75 Å². The number of non-ortho nitro benzene ring substituents is 1. The van der Waals surface area contributed by atoms with E-state index in [1.807, 2.05) is 30.3 Å². The number of hydrogen-bond donors (Lipinski definition) is 2. The van der Waals surface area contributed by atoms with E-state index >= 15 is 0 Å². The number of nitrogens with one attached hydrogen (secondary N) is 1. The van der Waals surface area contributed by atoms with Crippen LogP contribution >= 0.6 is 0 Å². The average molecular weight is 393 g/mol. The van der Waals surface area contributed by atoms with Gasteiger partial charge in [0.15, 0.2) is 0 Å². The second kappa shape index (κ2) is 8.83. The molecule has 3 aromatic rings. The highest BCUT2D eigenvalue weighted by Crippen LogP contribution is 2.26. The number of ether oxygens (including phenoxy) is 1. The highest BCUT2D eigenvalue weighted by atomic mass is 16.6. The molecular formula is C21H19N3O5. The van der Waals surface area contributed by atoms with E-state index in [4.69, 9.17) is 9.84 Å². The van der Waals surface area contributed by atoms with E-state index < -0.39 is 10.9 Å². The zero-order valence-corrected chi connectivity index (χ0v) is 15.7. The molecule has 1 heterocycles. The van der Waals surface area contributed by atoms with E-state index in [-0.39, 0.29) is 17.8 Å². The lowest BCUT2D eigenvalue weighted by atomic mass is 10.1. The second-order valence-corrected chi connectivity index (χ2v) is 6.37. The van der Waals surface area contributed by atoms with Gasteiger partial charge in [0.25, 0.3) is 5.69 Å². The van der Waals surface area contributed by atoms with Crippen molar-refractivity contribution in [2.75, 3.05) is 5.32 Å². The van der Waals surface area contributed by atoms with Gasteiger partial charge in [-0.2, -0.15) is 0 Å². The number of rotatable bonds is 8. The summed E-state index contributed by atoms with van der Waals surface area (Å²) in [6.07, 6.45) is 1.26. The normalized spacial score (nSPS) is 10.4. The number of aromatic nitrogens is 1. The number of aryl methyl sites for hydroxylation is 1. The molecule has 0 bridgehead atoms. The second-order valence-electron chi connectivity index (χ2n) is 6.37. The number of carbonyl (C=O) groups is 1. The maximum atomic E-state index is 11.1. The number of aromatic carboxylic acids is 1. The van der Waals surface area contributed by atoms with E-state index in [2.05, 4.69) is 10.3 Å². The molecule has 0 aliphatic carbocycles. The van der Waals surface area contributed by atoms with Crippen LogP contribution < -0.4 is 10.1 Å². The van der Waals surface area contributed by atoms with Crippen molar-refractivity contribution >= 4 is 17.5 Å². The molecule has 0 spiro atoms. The Labute approximate surface area is 166 Å². The molecule has 0 radical (unpaired) electrons. The highest BCUT2D eigenvalue weighted by Gasteiger charge is 2.13. The number of carboxylic acids is 1. The number of anilines is 1. The molecule has 0 unspecified atom stereocenters. The van der Waals surface area contributed by atoms with Gasteiger partial charge in [-0.3, -0.25) is 10.1 Å². The Balaban J connectivity index is 1.79. The molecule has 0 saturated heterocycles. The van der Waals surface area contributed by atoms with Gasteiger partial charge in [-0.05, 0) is 30.2 Å². The summed E-state index contributed by atoms with van der Waals surface area (Å²) < 4.78 is 5.87. The fourth-order valence-electron chi connectivity index (χ4n) is 2.75. The van der Waals surface area contributed by atoms with Gasteiger partial charge in [0.2, 0.25) is 0 Å². The first-order valence-corrected chi connectivity index (χ1v) is 8.82. The predicted molar refractivity (Wildman–Crippen MR) is 107 cm³/mol. The zero-order chi connectivity index (χ0) is 20.8. The van der Waals surface area contributed by atoms with Gasteiger partial charge in [0.1, 0.15) is 18.2 Å². The molecule has 0 atom stereocenters. The van der Waals surface area contributed by atoms with E-state index in [0.717, 1.165) is 5.56 Å². The van der Waals surface area contributed by atoms with Gasteiger partial charge in [-0.1, -0.05) is 30.3 Å². The van der Waals surface area contributed by atoms with E-state index in [0.29, 0.717) is 29.3 Å². The van der Waals surface area contributed by atoms with Crippen molar-refractivity contribution in [3.05, 3.63) is 93.2 Å². The number of carboxylic acid groups (broad SMARTS) is 1. The standard InChI is InChI=1S/C21H19N3O5/c1-14-9-17(21(25)26)12-23-20(14)22-11-16-10-18(24(27)28)7-8-19(16)29-13-15-5-3-2-4-6-15/h2-10,12H,11,13H2,1H3,(H,22,23)(H,25,26). The molecule has 2 aromatic carbocycles. The third-order valence-electron chi connectivity index (χ3n) is 4.26. The maximum Gasteiger partial charge on any atom is 0.337 e. The molecule has 0 aliphatic heterocycles. The molecular weight excluding hydrogens is 374 g/mol. The van der Waals surface area contributed by atoms with Crippen molar-refractivity contribution in [1.82, 2.24) is 4.98 Å². The summed E-state index contributed by atoms with van der Waals surface area (Å²) >= 11 is 0. The summed E-state index contributed by atoms with van der Waals surface area (Å²) in [7, 11) is 0. The van der Waals surface area contributed by atoms with Gasteiger partial charge in [0.05, 0.1) is 10.5 Å². The Morgan fingerprint density at radius 3 is 2.62 bits per heavy atom. The van der Waals surface area contributed by atoms with Crippen molar-refractivity contribution in [1.29, 1.82) is 0 Å². The van der Waals surface area contributed by atoms with Crippen LogP contribution in [0.15, 0.2) is 60.8 Å². The Morgan fingerprint density at radius 1 is 1.21 bits per heavy atom. The first kappa shape index (κ1) is 19.8. The summed E-state index contributed by atoms with van der Waals surface area (Å²) in [5.74, 6) is -0.0373. The third kappa shape index (κ3) is 5.07. The Hall–Kier alpha value is -3.94. The largest absolute Gasteiger partial charge is 0.489 e. The monoisotopic (exact) mass is 393 g/mol. The van der Waals surface area contributed by atoms with Crippen molar-refractivity contribution in [2.24, 2.45) is 0 Å². The van der Waals surface area contributed by atoms with Crippen LogP contribution in [0.1, 0.15) is 27.0 Å². The minimum Gasteiger partial charge on any atom is -0.489 e. The molecule has 29 heavy (non-hydrogen) atoms. The quantitative estimate of drug-likeness (QED) is 0.436. The number of hydrogen-bond acceptors (Lipinski definition) is 6. The SMILES string of the molecule is Cc1cc(C(=O)O)cnc1NCc1cc([N+](=O)[O-])ccc1OCc1ccccc1. The van der Waals surface area contributed by atoms with Crippen LogP contribution in [0.25, 0.3) is 0 Å². The molecule has 8 nitrogen and oxygen atoms in total. The van der Waals surface area contributed by atoms with Crippen LogP contribution in [0, 0.1) is 17.0 Å². The Bertz CT molecular complexity index is 1040. The molecule has 2 N–H and O–H groups in total. The van der Waals surface area contributed by atoms with Crippen LogP contribution in [-0.4, -0.2) is 21.0 Å². The number of benzene rings is 2. The van der Waals surface area contributed by atoms with Crippen LogP contribution in [0.4, 0.5) is 11.5 Å². The lowest BCUT2D eigenvalue weighted by Crippen LogP contribution is -2.08. The zero-order valence-electron chi connectivity index (χ0n) is 15.7. The highest BCUT2D eigenvalue weighted by molar-refractivity contribution is 5.87. The van der Waals surface area contributed by atoms with Crippen LogP contribution in [-0.2, 0) is 13.2 Å². The minimum atomic E-state index is -1.05. The predicted octanol–water partition coefficient (Wildman–Crippen LogP) is 4.19. The van der Waals surface area contributed by atoms with Crippen LogP contribution in [0.2, 0.25) is 0 Å². The summed E-state index contributed by atoms with van der Waals surface area (Å²) in [6, 6.07) is 15.5. The van der Waals surface area contributed by atoms with Crippen molar-refractivity contribution in [3.8, 4) is 5.75 Å². The molecule has 0 amide bonds. The van der Waals surface area contributed by atoms with Gasteiger partial charge in [-0.15, -0.1) is 0 Å². The number of nitro benzene ring substituents is 1. The first-order chi connectivity index (χ1) is 13.9. The van der Waals surface area contributed by atoms with Gasteiger partial charge >= 0.3 is 5.97 Å². The van der Waals surface area contributed by atoms with E-state index in [9.17, 15) is 14.9 Å². The molecule has 148 valence electrons.